The molecular formula is C5H11N3O2. The Kier molecular flexibility index (Phi) is 3.60. The molecule has 0 unspecified atom stereocenters. The van der Waals surface area contributed by atoms with Crippen LogP contribution in [-0.4, -0.2) is 29.6 Å². The van der Waals surface area contributed by atoms with Gasteiger partial charge >= 0.3 is 0 Å². The van der Waals surface area contributed by atoms with Gasteiger partial charge in [0.1, 0.15) is 6.04 Å². The van der Waals surface area contributed by atoms with E-state index in [2.05, 4.69) is 4.74 Å². The Bertz CT molecular complexity index is 135. The van der Waals surface area contributed by atoms with Crippen LogP contribution in [0.3, 0.4) is 0 Å². The predicted octanol–water partition coefficient (Wildman–Crippen LogP) is -0.705. The third-order valence-electron chi connectivity index (χ3n) is 1.01. The normalized spacial score (nSPS) is 15.5. The van der Waals surface area contributed by atoms with Crippen molar-refractivity contribution in [3.63, 3.8) is 0 Å². The summed E-state index contributed by atoms with van der Waals surface area (Å²) in [6.45, 7) is 1.45. The van der Waals surface area contributed by atoms with Gasteiger partial charge in [-0.1, -0.05) is 0 Å². The van der Waals surface area contributed by atoms with Gasteiger partial charge in [-0.15, -0.1) is 0 Å². The second-order valence-corrected chi connectivity index (χ2v) is 1.87. The van der Waals surface area contributed by atoms with Gasteiger partial charge in [0.2, 0.25) is 5.90 Å². The fraction of sp³-hybridized carbons (Fsp3) is 0.600. The lowest BCUT2D eigenvalue weighted by atomic mass is 10.2. The highest BCUT2D eigenvalue weighted by Gasteiger charge is 2.15. The van der Waals surface area contributed by atoms with E-state index in [0.717, 1.165) is 0 Å². The average molecular weight is 145 g/mol. The van der Waals surface area contributed by atoms with Crippen LogP contribution in [0.15, 0.2) is 0 Å². The van der Waals surface area contributed by atoms with E-state index in [9.17, 15) is 0 Å². The van der Waals surface area contributed by atoms with Crippen LogP contribution in [0.2, 0.25) is 0 Å². The van der Waals surface area contributed by atoms with Crippen molar-refractivity contribution in [2.24, 2.45) is 5.73 Å². The minimum absolute atomic E-state index is 0.301. The second-order valence-electron chi connectivity index (χ2n) is 1.87. The zero-order chi connectivity index (χ0) is 8.15. The summed E-state index contributed by atoms with van der Waals surface area (Å²) in [6, 6.07) is -0.846. The molecule has 0 fully saturated rings. The molecule has 0 aromatic heterocycles. The molecule has 58 valence electrons. The minimum atomic E-state index is -0.846. The van der Waals surface area contributed by atoms with Crippen LogP contribution in [0.4, 0.5) is 0 Å². The maximum atomic E-state index is 8.80. The molecule has 0 aliphatic rings. The van der Waals surface area contributed by atoms with Crippen LogP contribution >= 0.6 is 0 Å². The van der Waals surface area contributed by atoms with Crippen molar-refractivity contribution < 1.29 is 9.84 Å². The Labute approximate surface area is 58.8 Å². The van der Waals surface area contributed by atoms with E-state index < -0.39 is 12.1 Å². The average Bonchev–Trinajstić information content (AvgIpc) is 1.87. The van der Waals surface area contributed by atoms with Crippen molar-refractivity contribution in [2.45, 2.75) is 19.1 Å². The van der Waals surface area contributed by atoms with Gasteiger partial charge in [-0.2, -0.15) is 0 Å². The number of nitrogens with two attached hydrogens (primary N) is 1. The van der Waals surface area contributed by atoms with Crippen LogP contribution in [0.25, 0.3) is 0 Å². The fourth-order valence-electron chi connectivity index (χ4n) is 0.361. The Balaban J connectivity index is 3.81. The van der Waals surface area contributed by atoms with Crippen molar-refractivity contribution in [3.05, 3.63) is 0 Å². The Morgan fingerprint density at radius 3 is 2.60 bits per heavy atom. The molecule has 0 heterocycles. The molecule has 0 radical (unpaired) electrons. The number of hydrogen-bond acceptors (Lipinski definition) is 5. The number of hydrogen-bond donors (Lipinski definition) is 4. The lowest BCUT2D eigenvalue weighted by Crippen LogP contribution is -2.40. The monoisotopic (exact) mass is 145 g/mol. The second kappa shape index (κ2) is 3.97. The van der Waals surface area contributed by atoms with E-state index in [-0.39, 0.29) is 5.90 Å². The van der Waals surface area contributed by atoms with Gasteiger partial charge in [-0.25, -0.2) is 0 Å². The van der Waals surface area contributed by atoms with Gasteiger partial charge < -0.3 is 15.6 Å². The van der Waals surface area contributed by atoms with Crippen LogP contribution < -0.4 is 5.73 Å². The lowest BCUT2D eigenvalue weighted by Gasteiger charge is -2.13. The van der Waals surface area contributed by atoms with Gasteiger partial charge in [-0.05, 0) is 6.92 Å². The zero-order valence-electron chi connectivity index (χ0n) is 5.66. The van der Waals surface area contributed by atoms with Gasteiger partial charge in [0.25, 0.3) is 0 Å². The van der Waals surface area contributed by atoms with E-state index in [0.29, 0.717) is 6.40 Å². The van der Waals surface area contributed by atoms with Gasteiger partial charge in [0, 0.05) is 0 Å². The standard InChI is InChI=1S/C5H11N3O2/c1-3(9)4(7)5(8)10-2-6/h2-4,6,8-9H,7H2,1H3/t3-,4+/m1/s1. The first-order valence-electron chi connectivity index (χ1n) is 2.77. The molecule has 2 atom stereocenters. The molecule has 5 nitrogen and oxygen atoms in total. The van der Waals surface area contributed by atoms with Crippen LogP contribution in [0, 0.1) is 10.8 Å². The van der Waals surface area contributed by atoms with E-state index in [1.54, 1.807) is 0 Å². The molecule has 0 bridgehead atoms. The van der Waals surface area contributed by atoms with Crippen molar-refractivity contribution >= 4 is 12.3 Å². The summed E-state index contributed by atoms with van der Waals surface area (Å²) < 4.78 is 4.30. The van der Waals surface area contributed by atoms with Crippen molar-refractivity contribution in [1.82, 2.24) is 0 Å². The maximum absolute atomic E-state index is 8.80. The first-order chi connectivity index (χ1) is 4.59. The molecule has 0 amide bonds. The van der Waals surface area contributed by atoms with Crippen molar-refractivity contribution in [2.75, 3.05) is 0 Å². The topological polar surface area (TPSA) is 103 Å². The molecule has 0 aromatic rings. The summed E-state index contributed by atoms with van der Waals surface area (Å²) in [5.74, 6) is -0.301. The molecule has 5 N–H and O–H groups in total. The van der Waals surface area contributed by atoms with E-state index in [4.69, 9.17) is 21.7 Å². The lowest BCUT2D eigenvalue weighted by molar-refractivity contribution is 0.179. The quantitative estimate of drug-likeness (QED) is 0.311. The predicted molar refractivity (Wildman–Crippen MR) is 37.3 cm³/mol. The number of ether oxygens (including phenoxy) is 1. The smallest absolute Gasteiger partial charge is 0.208 e. The molecular weight excluding hydrogens is 134 g/mol. The highest BCUT2D eigenvalue weighted by molar-refractivity contribution is 5.84. The molecule has 0 saturated heterocycles. The molecule has 0 rings (SSSR count). The molecule has 0 spiro atoms. The largest absolute Gasteiger partial charge is 0.431 e. The van der Waals surface area contributed by atoms with Gasteiger partial charge in [0.05, 0.1) is 6.10 Å². The number of rotatable bonds is 3. The summed E-state index contributed by atoms with van der Waals surface area (Å²) in [5.41, 5.74) is 5.24. The number of aliphatic hydroxyl groups excluding tert-OH is 1. The van der Waals surface area contributed by atoms with Crippen molar-refractivity contribution in [3.8, 4) is 0 Å². The van der Waals surface area contributed by atoms with Crippen LogP contribution in [0.5, 0.6) is 0 Å². The van der Waals surface area contributed by atoms with Gasteiger partial charge in [0.15, 0.2) is 6.40 Å². The van der Waals surface area contributed by atoms with Crippen LogP contribution in [-0.2, 0) is 4.74 Å². The summed E-state index contributed by atoms with van der Waals surface area (Å²) in [5, 5.41) is 22.2. The molecule has 10 heavy (non-hydrogen) atoms. The third kappa shape index (κ3) is 2.56. The Morgan fingerprint density at radius 1 is 1.80 bits per heavy atom. The Hall–Kier alpha value is -0.940. The first kappa shape index (κ1) is 9.06. The Morgan fingerprint density at radius 2 is 2.30 bits per heavy atom. The summed E-state index contributed by atoms with van der Waals surface area (Å²) in [6.07, 6.45) is -0.225. The zero-order valence-corrected chi connectivity index (χ0v) is 5.66. The summed E-state index contributed by atoms with van der Waals surface area (Å²) in [7, 11) is 0. The van der Waals surface area contributed by atoms with E-state index >= 15 is 0 Å². The van der Waals surface area contributed by atoms with E-state index in [1.807, 2.05) is 0 Å². The molecule has 0 aliphatic heterocycles. The summed E-state index contributed by atoms with van der Waals surface area (Å²) >= 11 is 0. The molecule has 5 heteroatoms. The van der Waals surface area contributed by atoms with Crippen LogP contribution in [0.1, 0.15) is 6.92 Å². The number of nitrogens with one attached hydrogen (secondary N) is 2. The minimum Gasteiger partial charge on any atom is -0.431 e. The van der Waals surface area contributed by atoms with Crippen molar-refractivity contribution in [1.29, 1.82) is 10.8 Å². The third-order valence-corrected chi connectivity index (χ3v) is 1.01. The summed E-state index contributed by atoms with van der Waals surface area (Å²) in [4.78, 5) is 0. The van der Waals surface area contributed by atoms with E-state index in [1.165, 1.54) is 6.92 Å². The molecule has 0 saturated carbocycles. The maximum Gasteiger partial charge on any atom is 0.208 e. The molecule has 0 aliphatic carbocycles. The number of aliphatic hydroxyl groups is 1. The highest BCUT2D eigenvalue weighted by atomic mass is 16.5. The van der Waals surface area contributed by atoms with Gasteiger partial charge in [-0.3, -0.25) is 10.8 Å². The first-order valence-corrected chi connectivity index (χ1v) is 2.77. The SMILES string of the molecule is C[C@@H](O)[C@H](N)C(=N)OC=N. The molecule has 0 aromatic carbocycles. The highest BCUT2D eigenvalue weighted by Crippen LogP contribution is 1.90. The fourth-order valence-corrected chi connectivity index (χ4v) is 0.361.